The lowest BCUT2D eigenvalue weighted by Crippen LogP contribution is -2.44. The molecule has 0 spiro atoms. The fourth-order valence-corrected chi connectivity index (χ4v) is 4.78. The van der Waals surface area contributed by atoms with Crippen LogP contribution in [0.25, 0.3) is 17.3 Å². The number of carbonyl (C=O) groups excluding carboxylic acids is 1. The van der Waals surface area contributed by atoms with Gasteiger partial charge in [-0.1, -0.05) is 36.7 Å². The summed E-state index contributed by atoms with van der Waals surface area (Å²) in [5.74, 6) is 0.992. The van der Waals surface area contributed by atoms with Crippen LogP contribution in [0, 0.1) is 0 Å². The molecule has 1 amide bonds. The number of hydrogen-bond acceptors (Lipinski definition) is 6. The van der Waals surface area contributed by atoms with Crippen LogP contribution in [0.4, 0.5) is 0 Å². The minimum Gasteiger partial charge on any atom is -0.332 e. The molecule has 2 aromatic heterocycles. The van der Waals surface area contributed by atoms with Gasteiger partial charge in [0, 0.05) is 6.54 Å². The van der Waals surface area contributed by atoms with Crippen molar-refractivity contribution in [1.82, 2.24) is 29.5 Å². The lowest BCUT2D eigenvalue weighted by atomic mass is 9.97. The van der Waals surface area contributed by atoms with E-state index in [-0.39, 0.29) is 11.9 Å². The standard InChI is InChI=1S/C22H25ClN6O2/c1-3-9-27(10-4-2)12-17-25-21(31-26-17)19-20-16-8-11-28(16)22(30)18-14(23)6-5-7-15(18)29(20)13-24-19/h5-7,13,16H,3-4,8-12H2,1-2H3/t16-/m0/s1. The SMILES string of the molecule is CCCN(CCC)Cc1noc(-c2ncn3c2[C@@H]2CCN2C(=O)c2c(Cl)cccc2-3)n1. The number of fused-ring (bicyclic) bond motifs is 5. The first-order valence-corrected chi connectivity index (χ1v) is 11.2. The van der Waals surface area contributed by atoms with Gasteiger partial charge in [-0.25, -0.2) is 4.98 Å². The molecule has 162 valence electrons. The molecule has 31 heavy (non-hydrogen) atoms. The number of aromatic nitrogens is 4. The Hall–Kier alpha value is -2.71. The van der Waals surface area contributed by atoms with Gasteiger partial charge in [-0.05, 0) is 44.5 Å². The van der Waals surface area contributed by atoms with E-state index < -0.39 is 0 Å². The van der Waals surface area contributed by atoms with Crippen LogP contribution in [-0.4, -0.2) is 55.0 Å². The molecule has 0 bridgehead atoms. The van der Waals surface area contributed by atoms with Crippen molar-refractivity contribution in [2.24, 2.45) is 0 Å². The van der Waals surface area contributed by atoms with Gasteiger partial charge in [0.2, 0.25) is 0 Å². The Bertz CT molecular complexity index is 1120. The van der Waals surface area contributed by atoms with Crippen LogP contribution in [-0.2, 0) is 6.54 Å². The molecule has 3 aromatic rings. The third-order valence-corrected chi connectivity index (χ3v) is 6.30. The number of carbonyl (C=O) groups is 1. The Kier molecular flexibility index (Phi) is 5.27. The third-order valence-electron chi connectivity index (χ3n) is 5.98. The van der Waals surface area contributed by atoms with Crippen molar-refractivity contribution in [1.29, 1.82) is 0 Å². The smallest absolute Gasteiger partial charge is 0.278 e. The predicted octanol–water partition coefficient (Wildman–Crippen LogP) is 4.10. The van der Waals surface area contributed by atoms with Crippen molar-refractivity contribution in [3.63, 3.8) is 0 Å². The number of imidazole rings is 1. The van der Waals surface area contributed by atoms with Gasteiger partial charge in [-0.3, -0.25) is 14.3 Å². The molecule has 0 aliphatic carbocycles. The van der Waals surface area contributed by atoms with Gasteiger partial charge in [-0.2, -0.15) is 4.98 Å². The fourth-order valence-electron chi connectivity index (χ4n) is 4.53. The topological polar surface area (TPSA) is 80.3 Å². The Labute approximate surface area is 185 Å². The van der Waals surface area contributed by atoms with Crippen molar-refractivity contribution in [3.8, 4) is 17.3 Å². The summed E-state index contributed by atoms with van der Waals surface area (Å²) >= 11 is 6.41. The molecule has 5 rings (SSSR count). The lowest BCUT2D eigenvalue weighted by Gasteiger charge is -2.39. The molecule has 1 fully saturated rings. The van der Waals surface area contributed by atoms with Crippen LogP contribution in [0.3, 0.4) is 0 Å². The molecule has 9 heteroatoms. The first kappa shape index (κ1) is 20.2. The number of halogens is 1. The van der Waals surface area contributed by atoms with Gasteiger partial charge >= 0.3 is 0 Å². The van der Waals surface area contributed by atoms with Crippen LogP contribution in [0.15, 0.2) is 29.0 Å². The van der Waals surface area contributed by atoms with Crippen molar-refractivity contribution >= 4 is 17.5 Å². The fraction of sp³-hybridized carbons (Fsp3) is 0.455. The second-order valence-electron chi connectivity index (χ2n) is 8.08. The quantitative estimate of drug-likeness (QED) is 0.550. The van der Waals surface area contributed by atoms with Crippen LogP contribution in [0.5, 0.6) is 0 Å². The monoisotopic (exact) mass is 440 g/mol. The summed E-state index contributed by atoms with van der Waals surface area (Å²) in [6, 6.07) is 5.41. The summed E-state index contributed by atoms with van der Waals surface area (Å²) in [5, 5.41) is 4.65. The van der Waals surface area contributed by atoms with E-state index >= 15 is 0 Å². The van der Waals surface area contributed by atoms with E-state index in [1.54, 1.807) is 12.4 Å². The number of rotatable bonds is 7. The Balaban J connectivity index is 1.54. The maximum atomic E-state index is 13.1. The number of nitrogens with zero attached hydrogens (tertiary/aromatic N) is 6. The van der Waals surface area contributed by atoms with E-state index in [1.165, 1.54) is 0 Å². The first-order chi connectivity index (χ1) is 15.1. The van der Waals surface area contributed by atoms with Crippen molar-refractivity contribution in [2.45, 2.75) is 45.7 Å². The Morgan fingerprint density at radius 3 is 2.77 bits per heavy atom. The van der Waals surface area contributed by atoms with Crippen LogP contribution < -0.4 is 0 Å². The largest absolute Gasteiger partial charge is 0.332 e. The Morgan fingerprint density at radius 1 is 1.26 bits per heavy atom. The molecule has 1 saturated heterocycles. The molecular formula is C22H25ClN6O2. The highest BCUT2D eigenvalue weighted by atomic mass is 35.5. The lowest BCUT2D eigenvalue weighted by molar-refractivity contribution is 0.0461. The number of amides is 1. The van der Waals surface area contributed by atoms with Gasteiger partial charge in [0.15, 0.2) is 11.5 Å². The molecule has 2 aliphatic heterocycles. The van der Waals surface area contributed by atoms with E-state index in [4.69, 9.17) is 16.1 Å². The van der Waals surface area contributed by atoms with Crippen LogP contribution >= 0.6 is 11.6 Å². The van der Waals surface area contributed by atoms with Crippen molar-refractivity contribution in [2.75, 3.05) is 19.6 Å². The zero-order valence-corrected chi connectivity index (χ0v) is 18.5. The van der Waals surface area contributed by atoms with E-state index in [1.807, 2.05) is 21.6 Å². The summed E-state index contributed by atoms with van der Waals surface area (Å²) in [6.07, 6.45) is 4.73. The second kappa shape index (κ2) is 8.09. The minimum absolute atomic E-state index is 0.0486. The molecule has 8 nitrogen and oxygen atoms in total. The van der Waals surface area contributed by atoms with Gasteiger partial charge < -0.3 is 9.42 Å². The van der Waals surface area contributed by atoms with Gasteiger partial charge in [0.05, 0.1) is 34.6 Å². The summed E-state index contributed by atoms with van der Waals surface area (Å²) in [6.45, 7) is 7.66. The maximum absolute atomic E-state index is 13.1. The minimum atomic E-state index is -0.0829. The predicted molar refractivity (Wildman–Crippen MR) is 116 cm³/mol. The number of hydrogen-bond donors (Lipinski definition) is 0. The normalized spacial score (nSPS) is 17.2. The van der Waals surface area contributed by atoms with E-state index in [9.17, 15) is 4.79 Å². The maximum Gasteiger partial charge on any atom is 0.278 e. The molecule has 1 atom stereocenters. The van der Waals surface area contributed by atoms with Crippen LogP contribution in [0.1, 0.15) is 61.0 Å². The molecular weight excluding hydrogens is 416 g/mol. The molecule has 0 unspecified atom stereocenters. The summed E-state index contributed by atoms with van der Waals surface area (Å²) in [5.41, 5.74) is 2.77. The van der Waals surface area contributed by atoms with Crippen molar-refractivity contribution in [3.05, 3.63) is 46.6 Å². The molecule has 1 aromatic carbocycles. The number of benzene rings is 1. The van der Waals surface area contributed by atoms with Gasteiger partial charge in [0.25, 0.3) is 11.8 Å². The van der Waals surface area contributed by atoms with E-state index in [2.05, 4.69) is 33.9 Å². The summed E-state index contributed by atoms with van der Waals surface area (Å²) in [7, 11) is 0. The summed E-state index contributed by atoms with van der Waals surface area (Å²) in [4.78, 5) is 26.6. The first-order valence-electron chi connectivity index (χ1n) is 10.8. The second-order valence-corrected chi connectivity index (χ2v) is 8.48. The van der Waals surface area contributed by atoms with Crippen LogP contribution in [0.2, 0.25) is 5.02 Å². The Morgan fingerprint density at radius 2 is 2.06 bits per heavy atom. The van der Waals surface area contributed by atoms with Gasteiger partial charge in [0.1, 0.15) is 6.33 Å². The van der Waals surface area contributed by atoms with E-state index in [0.29, 0.717) is 41.1 Å². The molecule has 2 aliphatic rings. The van der Waals surface area contributed by atoms with Gasteiger partial charge in [-0.15, -0.1) is 0 Å². The average molecular weight is 441 g/mol. The molecule has 0 radical (unpaired) electrons. The highest BCUT2D eigenvalue weighted by molar-refractivity contribution is 6.34. The highest BCUT2D eigenvalue weighted by Gasteiger charge is 2.43. The zero-order valence-electron chi connectivity index (χ0n) is 17.7. The van der Waals surface area contributed by atoms with E-state index in [0.717, 1.165) is 43.7 Å². The average Bonchev–Trinajstić information content (AvgIpc) is 3.33. The van der Waals surface area contributed by atoms with Crippen molar-refractivity contribution < 1.29 is 9.32 Å². The molecule has 0 N–H and O–H groups in total. The molecule has 0 saturated carbocycles. The summed E-state index contributed by atoms with van der Waals surface area (Å²) < 4.78 is 7.57. The zero-order chi connectivity index (χ0) is 21.5. The molecule has 4 heterocycles. The third kappa shape index (κ3) is 3.34. The highest BCUT2D eigenvalue weighted by Crippen LogP contribution is 2.44.